The fraction of sp³-hybridized carbons (Fsp3) is 0.333. The molecule has 0 aliphatic carbocycles. The van der Waals surface area contributed by atoms with E-state index in [9.17, 15) is 4.79 Å². The largest absolute Gasteiger partial charge is 0.383 e. The summed E-state index contributed by atoms with van der Waals surface area (Å²) in [7, 11) is 0. The molecule has 4 N–H and O–H groups in total. The summed E-state index contributed by atoms with van der Waals surface area (Å²) in [6.45, 7) is 8.30. The Balaban J connectivity index is 0.00000304. The van der Waals surface area contributed by atoms with Gasteiger partial charge in [0, 0.05) is 23.4 Å². The number of nitrogens with two attached hydrogens (primary N) is 1. The monoisotopic (exact) mass is 505 g/mol. The summed E-state index contributed by atoms with van der Waals surface area (Å²) in [5.74, 6) is 0.205. The van der Waals surface area contributed by atoms with E-state index < -0.39 is 0 Å². The number of carbonyl (C=O) groups excluding carboxylic acids is 1. The number of nitrogen functional groups attached to an aromatic ring is 1. The van der Waals surface area contributed by atoms with Crippen molar-refractivity contribution in [1.29, 1.82) is 0 Å². The number of piperidine rings is 1. The van der Waals surface area contributed by atoms with Crippen molar-refractivity contribution in [3.05, 3.63) is 66.0 Å². The van der Waals surface area contributed by atoms with Crippen LogP contribution in [0, 0.1) is 0 Å². The maximum absolute atomic E-state index is 13.1. The van der Waals surface area contributed by atoms with Gasteiger partial charge in [0.2, 0.25) is 0 Å². The Labute approximate surface area is 217 Å². The molecule has 0 saturated carbocycles. The van der Waals surface area contributed by atoms with Gasteiger partial charge in [0.25, 0.3) is 5.91 Å². The van der Waals surface area contributed by atoms with E-state index in [0.29, 0.717) is 22.5 Å². The summed E-state index contributed by atoms with van der Waals surface area (Å²) in [6, 6.07) is 15.6. The van der Waals surface area contributed by atoms with Gasteiger partial charge in [0.05, 0.1) is 11.4 Å². The van der Waals surface area contributed by atoms with Crippen LogP contribution in [0.2, 0.25) is 0 Å². The number of amides is 1. The van der Waals surface area contributed by atoms with Gasteiger partial charge in [-0.3, -0.25) is 4.79 Å². The summed E-state index contributed by atoms with van der Waals surface area (Å²) in [6.07, 6.45) is 3.57. The number of carbonyl (C=O) groups is 1. The summed E-state index contributed by atoms with van der Waals surface area (Å²) in [4.78, 5) is 21.9. The molecule has 1 saturated heterocycles. The highest BCUT2D eigenvalue weighted by Gasteiger charge is 2.24. The summed E-state index contributed by atoms with van der Waals surface area (Å²) < 4.78 is 1.96. The standard InChI is InChI=1S/C27H31N7O.ClH/c1-27(2,3)19-9-5-10-20(14-19)32-26(35)18-8-4-7-17(13-18)23-22-24(28)30-16-31-25(22)34(33-23)21-11-6-12-29-15-21;/h4-5,7-10,13-14,16,21,29H,6,11-12,15H2,1-3H3,(H,32,35)(H2,28,30,31);1H. The van der Waals surface area contributed by atoms with E-state index in [2.05, 4.69) is 47.4 Å². The van der Waals surface area contributed by atoms with Crippen LogP contribution in [-0.4, -0.2) is 38.7 Å². The van der Waals surface area contributed by atoms with Crippen LogP contribution in [0.3, 0.4) is 0 Å². The number of halogens is 1. The van der Waals surface area contributed by atoms with E-state index in [1.165, 1.54) is 6.33 Å². The Bertz CT molecular complexity index is 1390. The molecule has 0 spiro atoms. The van der Waals surface area contributed by atoms with Gasteiger partial charge in [0.1, 0.15) is 17.8 Å². The van der Waals surface area contributed by atoms with Gasteiger partial charge in [-0.2, -0.15) is 5.10 Å². The van der Waals surface area contributed by atoms with Gasteiger partial charge in [0.15, 0.2) is 5.65 Å². The van der Waals surface area contributed by atoms with E-state index in [1.54, 1.807) is 6.07 Å². The lowest BCUT2D eigenvalue weighted by molar-refractivity contribution is 0.102. The fourth-order valence-electron chi connectivity index (χ4n) is 4.57. The lowest BCUT2D eigenvalue weighted by Crippen LogP contribution is -2.32. The molecule has 0 bridgehead atoms. The van der Waals surface area contributed by atoms with E-state index in [1.807, 2.05) is 41.1 Å². The number of hydrogen-bond donors (Lipinski definition) is 3. The lowest BCUT2D eigenvalue weighted by atomic mass is 9.87. The van der Waals surface area contributed by atoms with Crippen LogP contribution < -0.4 is 16.4 Å². The Morgan fingerprint density at radius 1 is 1.14 bits per heavy atom. The molecular formula is C27H32ClN7O. The van der Waals surface area contributed by atoms with Gasteiger partial charge in [-0.15, -0.1) is 12.4 Å². The molecule has 0 radical (unpaired) electrons. The smallest absolute Gasteiger partial charge is 0.255 e. The molecule has 5 rings (SSSR count). The zero-order chi connectivity index (χ0) is 24.6. The molecule has 188 valence electrons. The molecule has 1 unspecified atom stereocenters. The average Bonchev–Trinajstić information content (AvgIpc) is 3.25. The molecule has 36 heavy (non-hydrogen) atoms. The molecule has 1 amide bonds. The van der Waals surface area contributed by atoms with Crippen molar-refractivity contribution in [2.45, 2.75) is 45.1 Å². The fourth-order valence-corrected chi connectivity index (χ4v) is 4.57. The van der Waals surface area contributed by atoms with Crippen molar-refractivity contribution in [2.24, 2.45) is 0 Å². The first-order valence-corrected chi connectivity index (χ1v) is 12.0. The summed E-state index contributed by atoms with van der Waals surface area (Å²) >= 11 is 0. The predicted molar refractivity (Wildman–Crippen MR) is 147 cm³/mol. The number of hydrogen-bond acceptors (Lipinski definition) is 6. The molecule has 9 heteroatoms. The van der Waals surface area contributed by atoms with Crippen LogP contribution in [0.5, 0.6) is 0 Å². The number of rotatable bonds is 4. The Hall–Kier alpha value is -3.49. The maximum Gasteiger partial charge on any atom is 0.255 e. The second-order valence-electron chi connectivity index (χ2n) is 10.1. The van der Waals surface area contributed by atoms with Crippen molar-refractivity contribution >= 4 is 40.9 Å². The van der Waals surface area contributed by atoms with E-state index in [4.69, 9.17) is 10.8 Å². The first-order valence-electron chi connectivity index (χ1n) is 12.0. The number of anilines is 2. The Morgan fingerprint density at radius 2 is 1.94 bits per heavy atom. The minimum Gasteiger partial charge on any atom is -0.383 e. The third-order valence-electron chi connectivity index (χ3n) is 6.52. The van der Waals surface area contributed by atoms with E-state index in [0.717, 1.165) is 48.4 Å². The lowest BCUT2D eigenvalue weighted by Gasteiger charge is -2.23. The van der Waals surface area contributed by atoms with Crippen molar-refractivity contribution < 1.29 is 4.79 Å². The van der Waals surface area contributed by atoms with Crippen molar-refractivity contribution in [3.63, 3.8) is 0 Å². The minimum absolute atomic E-state index is 0. The van der Waals surface area contributed by atoms with Crippen LogP contribution in [-0.2, 0) is 5.41 Å². The van der Waals surface area contributed by atoms with Gasteiger partial charge in [-0.25, -0.2) is 14.6 Å². The van der Waals surface area contributed by atoms with Gasteiger partial charge in [-0.1, -0.05) is 45.0 Å². The molecule has 1 fully saturated rings. The minimum atomic E-state index is -0.178. The molecule has 1 aliphatic rings. The molecule has 1 atom stereocenters. The number of benzene rings is 2. The van der Waals surface area contributed by atoms with Crippen LogP contribution >= 0.6 is 12.4 Å². The highest BCUT2D eigenvalue weighted by Crippen LogP contribution is 2.33. The molecule has 2 aromatic carbocycles. The highest BCUT2D eigenvalue weighted by molar-refractivity contribution is 6.06. The second kappa shape index (κ2) is 10.2. The Kier molecular flexibility index (Phi) is 7.28. The van der Waals surface area contributed by atoms with Gasteiger partial charge >= 0.3 is 0 Å². The number of nitrogens with one attached hydrogen (secondary N) is 2. The third-order valence-corrected chi connectivity index (χ3v) is 6.52. The van der Waals surface area contributed by atoms with E-state index in [-0.39, 0.29) is 29.8 Å². The van der Waals surface area contributed by atoms with Crippen LogP contribution in [0.15, 0.2) is 54.9 Å². The zero-order valence-electron chi connectivity index (χ0n) is 20.8. The van der Waals surface area contributed by atoms with Crippen LogP contribution in [0.25, 0.3) is 22.3 Å². The number of fused-ring (bicyclic) bond motifs is 1. The molecule has 2 aromatic heterocycles. The molecule has 1 aliphatic heterocycles. The average molecular weight is 506 g/mol. The number of nitrogens with zero attached hydrogens (tertiary/aromatic N) is 4. The van der Waals surface area contributed by atoms with Gasteiger partial charge < -0.3 is 16.4 Å². The SMILES string of the molecule is CC(C)(C)c1cccc(NC(=O)c2cccc(-c3nn(C4CCCNC4)c4ncnc(N)c34)c2)c1.Cl. The van der Waals surface area contributed by atoms with Gasteiger partial charge in [-0.05, 0) is 54.6 Å². The summed E-state index contributed by atoms with van der Waals surface area (Å²) in [5.41, 5.74) is 11.0. The van der Waals surface area contributed by atoms with Crippen molar-refractivity contribution in [1.82, 2.24) is 25.1 Å². The first-order chi connectivity index (χ1) is 16.8. The van der Waals surface area contributed by atoms with E-state index >= 15 is 0 Å². The van der Waals surface area contributed by atoms with Crippen molar-refractivity contribution in [3.8, 4) is 11.3 Å². The van der Waals surface area contributed by atoms with Crippen molar-refractivity contribution in [2.75, 3.05) is 24.1 Å². The number of aromatic nitrogens is 4. The maximum atomic E-state index is 13.1. The zero-order valence-corrected chi connectivity index (χ0v) is 21.6. The second-order valence-corrected chi connectivity index (χ2v) is 10.1. The quantitative estimate of drug-likeness (QED) is 0.361. The predicted octanol–water partition coefficient (Wildman–Crippen LogP) is 4.97. The first kappa shape index (κ1) is 25.6. The molecule has 3 heterocycles. The molecule has 8 nitrogen and oxygen atoms in total. The van der Waals surface area contributed by atoms with Crippen LogP contribution in [0.1, 0.15) is 55.6 Å². The third kappa shape index (κ3) is 5.05. The highest BCUT2D eigenvalue weighted by atomic mass is 35.5. The molecular weight excluding hydrogens is 474 g/mol. The Morgan fingerprint density at radius 3 is 2.69 bits per heavy atom. The molecule has 4 aromatic rings. The summed E-state index contributed by atoms with van der Waals surface area (Å²) in [5, 5.41) is 12.1. The topological polar surface area (TPSA) is 111 Å². The normalized spacial score (nSPS) is 15.9. The van der Waals surface area contributed by atoms with Crippen LogP contribution in [0.4, 0.5) is 11.5 Å².